The van der Waals surface area contributed by atoms with Crippen LogP contribution >= 0.6 is 0 Å². The molecule has 2 rings (SSSR count). The summed E-state index contributed by atoms with van der Waals surface area (Å²) < 4.78 is 5.79. The minimum absolute atomic E-state index is 0.0108. The van der Waals surface area contributed by atoms with Crippen LogP contribution in [0, 0.1) is 16.0 Å². The normalized spacial score (nSPS) is 22.3. The van der Waals surface area contributed by atoms with Gasteiger partial charge in [-0.3, -0.25) is 14.9 Å². The summed E-state index contributed by atoms with van der Waals surface area (Å²) in [7, 11) is 0. The highest BCUT2D eigenvalue weighted by Gasteiger charge is 2.24. The van der Waals surface area contributed by atoms with Gasteiger partial charge in [-0.05, 0) is 31.7 Å². The highest BCUT2D eigenvalue weighted by Crippen LogP contribution is 2.29. The van der Waals surface area contributed by atoms with E-state index in [-0.39, 0.29) is 23.2 Å². The van der Waals surface area contributed by atoms with Gasteiger partial charge in [0.15, 0.2) is 0 Å². The van der Waals surface area contributed by atoms with Gasteiger partial charge < -0.3 is 15.2 Å². The van der Waals surface area contributed by atoms with Crippen LogP contribution in [0.3, 0.4) is 0 Å². The molecule has 0 spiro atoms. The van der Waals surface area contributed by atoms with Crippen molar-refractivity contribution in [2.75, 3.05) is 5.32 Å². The number of phenolic OH excluding ortho intramolecular Hbond substituents is 1. The van der Waals surface area contributed by atoms with Gasteiger partial charge in [-0.1, -0.05) is 19.8 Å². The Bertz CT molecular complexity index is 590. The van der Waals surface area contributed by atoms with E-state index in [1.807, 2.05) is 0 Å². The second-order valence-corrected chi connectivity index (χ2v) is 6.12. The number of nitro benzene ring substituents is 1. The summed E-state index contributed by atoms with van der Waals surface area (Å²) in [6, 6.07) is 3.49. The van der Waals surface area contributed by atoms with Gasteiger partial charge in [0.1, 0.15) is 11.9 Å². The number of hydrogen-bond acceptors (Lipinski definition) is 5. The van der Waals surface area contributed by atoms with E-state index in [1.165, 1.54) is 18.6 Å². The molecular formula is C16H22N2O5. The molecule has 1 aromatic rings. The predicted octanol–water partition coefficient (Wildman–Crippen LogP) is 3.22. The van der Waals surface area contributed by atoms with Gasteiger partial charge in [0.2, 0.25) is 0 Å². The molecule has 1 aromatic carbocycles. The average Bonchev–Trinajstić information content (AvgIpc) is 2.49. The molecule has 3 atom stereocenters. The molecule has 1 amide bonds. The third-order valence-corrected chi connectivity index (χ3v) is 4.10. The fourth-order valence-corrected chi connectivity index (χ4v) is 2.82. The number of ether oxygens (including phenoxy) is 1. The molecule has 23 heavy (non-hydrogen) atoms. The molecule has 1 aliphatic carbocycles. The van der Waals surface area contributed by atoms with Crippen LogP contribution in [-0.2, 0) is 9.53 Å². The molecule has 0 bridgehead atoms. The summed E-state index contributed by atoms with van der Waals surface area (Å²) in [5.41, 5.74) is -0.190. The molecule has 1 fully saturated rings. The van der Waals surface area contributed by atoms with Crippen molar-refractivity contribution in [1.29, 1.82) is 0 Å². The number of hydrogen-bond donors (Lipinski definition) is 2. The molecule has 0 saturated heterocycles. The van der Waals surface area contributed by atoms with Crippen molar-refractivity contribution < 1.29 is 19.6 Å². The van der Waals surface area contributed by atoms with Crippen molar-refractivity contribution in [1.82, 2.24) is 0 Å². The van der Waals surface area contributed by atoms with E-state index >= 15 is 0 Å². The fraction of sp³-hybridized carbons (Fsp3) is 0.562. The number of carbonyl (C=O) groups is 1. The first-order valence-corrected chi connectivity index (χ1v) is 7.80. The maximum atomic E-state index is 12.2. The number of nitrogens with zero attached hydrogens (tertiary/aromatic N) is 1. The number of nitro groups is 1. The number of carbonyl (C=O) groups excluding carboxylic acids is 1. The Morgan fingerprint density at radius 1 is 1.48 bits per heavy atom. The maximum Gasteiger partial charge on any atom is 0.271 e. The minimum Gasteiger partial charge on any atom is -0.506 e. The molecule has 7 nitrogen and oxygen atoms in total. The van der Waals surface area contributed by atoms with Crippen LogP contribution in [0.5, 0.6) is 5.75 Å². The third kappa shape index (κ3) is 4.66. The SMILES string of the molecule is C[C@@H]1CCC[C@H](O[C@H](C)C(=O)Nc2cc([N+](=O)[O-])ccc2O)C1. The van der Waals surface area contributed by atoms with E-state index in [4.69, 9.17) is 4.74 Å². The van der Waals surface area contributed by atoms with Gasteiger partial charge in [-0.15, -0.1) is 0 Å². The van der Waals surface area contributed by atoms with Crippen molar-refractivity contribution >= 4 is 17.3 Å². The summed E-state index contributed by atoms with van der Waals surface area (Å²) in [5, 5.41) is 23.0. The monoisotopic (exact) mass is 322 g/mol. The lowest BCUT2D eigenvalue weighted by Crippen LogP contribution is -2.33. The van der Waals surface area contributed by atoms with Crippen molar-refractivity contribution in [3.05, 3.63) is 28.3 Å². The van der Waals surface area contributed by atoms with Crippen molar-refractivity contribution in [2.24, 2.45) is 5.92 Å². The Balaban J connectivity index is 1.98. The standard InChI is InChI=1S/C16H22N2O5/c1-10-4-3-5-13(8-10)23-11(2)16(20)17-14-9-12(18(21)22)6-7-15(14)19/h6-7,9-11,13,19H,3-5,8H2,1-2H3,(H,17,20)/t10-,11-,13+/m1/s1. The summed E-state index contributed by atoms with van der Waals surface area (Å²) in [4.78, 5) is 22.4. The summed E-state index contributed by atoms with van der Waals surface area (Å²) >= 11 is 0. The van der Waals surface area contributed by atoms with Crippen molar-refractivity contribution in [3.63, 3.8) is 0 Å². The van der Waals surface area contributed by atoms with Crippen molar-refractivity contribution in [3.8, 4) is 5.75 Å². The van der Waals surface area contributed by atoms with Crippen LogP contribution in [0.25, 0.3) is 0 Å². The lowest BCUT2D eigenvalue weighted by atomic mass is 9.88. The van der Waals surface area contributed by atoms with Gasteiger partial charge in [0.05, 0.1) is 16.7 Å². The smallest absolute Gasteiger partial charge is 0.271 e. The summed E-state index contributed by atoms with van der Waals surface area (Å²) in [6.45, 7) is 3.81. The Kier molecular flexibility index (Phi) is 5.54. The van der Waals surface area contributed by atoms with Crippen molar-refractivity contribution in [2.45, 2.75) is 51.7 Å². The highest BCUT2D eigenvalue weighted by molar-refractivity contribution is 5.95. The topological polar surface area (TPSA) is 102 Å². The largest absolute Gasteiger partial charge is 0.506 e. The average molecular weight is 322 g/mol. The Labute approximate surface area is 134 Å². The van der Waals surface area contributed by atoms with E-state index in [2.05, 4.69) is 12.2 Å². The molecular weight excluding hydrogens is 300 g/mol. The second-order valence-electron chi connectivity index (χ2n) is 6.12. The zero-order valence-corrected chi connectivity index (χ0v) is 13.3. The number of aromatic hydroxyl groups is 1. The molecule has 2 N–H and O–H groups in total. The zero-order valence-electron chi connectivity index (χ0n) is 13.3. The van der Waals surface area contributed by atoms with E-state index in [0.717, 1.165) is 25.3 Å². The van der Waals surface area contributed by atoms with E-state index in [9.17, 15) is 20.0 Å². The number of nitrogens with one attached hydrogen (secondary N) is 1. The lowest BCUT2D eigenvalue weighted by Gasteiger charge is -2.29. The molecule has 0 unspecified atom stereocenters. The molecule has 1 aliphatic rings. The van der Waals surface area contributed by atoms with Crippen LogP contribution in [-0.4, -0.2) is 28.1 Å². The first kappa shape index (κ1) is 17.2. The number of anilines is 1. The van der Waals surface area contributed by atoms with Gasteiger partial charge in [0, 0.05) is 12.1 Å². The van der Waals surface area contributed by atoms with Gasteiger partial charge in [0.25, 0.3) is 11.6 Å². The lowest BCUT2D eigenvalue weighted by molar-refractivity contribution is -0.384. The van der Waals surface area contributed by atoms with Crippen LogP contribution in [0.1, 0.15) is 39.5 Å². The molecule has 0 aliphatic heterocycles. The molecule has 7 heteroatoms. The first-order valence-electron chi connectivity index (χ1n) is 7.80. The van der Waals surface area contributed by atoms with Crippen LogP contribution in [0.2, 0.25) is 0 Å². The van der Waals surface area contributed by atoms with Crippen LogP contribution in [0.4, 0.5) is 11.4 Å². The number of non-ortho nitro benzene ring substituents is 1. The second kappa shape index (κ2) is 7.41. The van der Waals surface area contributed by atoms with E-state index in [1.54, 1.807) is 6.92 Å². The maximum absolute atomic E-state index is 12.2. The van der Waals surface area contributed by atoms with Gasteiger partial charge in [-0.2, -0.15) is 0 Å². The van der Waals surface area contributed by atoms with Crippen LogP contribution in [0.15, 0.2) is 18.2 Å². The quantitative estimate of drug-likeness (QED) is 0.492. The number of phenols is 1. The van der Waals surface area contributed by atoms with Gasteiger partial charge >= 0.3 is 0 Å². The first-order chi connectivity index (χ1) is 10.9. The number of rotatable bonds is 5. The summed E-state index contributed by atoms with van der Waals surface area (Å²) in [6.07, 6.45) is 3.50. The zero-order chi connectivity index (χ0) is 17.0. The van der Waals surface area contributed by atoms with Crippen LogP contribution < -0.4 is 5.32 Å². The Hall–Kier alpha value is -2.15. The Morgan fingerprint density at radius 3 is 2.87 bits per heavy atom. The molecule has 0 radical (unpaired) electrons. The minimum atomic E-state index is -0.691. The highest BCUT2D eigenvalue weighted by atomic mass is 16.6. The molecule has 1 saturated carbocycles. The third-order valence-electron chi connectivity index (χ3n) is 4.10. The molecule has 126 valence electrons. The number of amides is 1. The van der Waals surface area contributed by atoms with E-state index < -0.39 is 16.9 Å². The predicted molar refractivity (Wildman–Crippen MR) is 85.4 cm³/mol. The van der Waals surface area contributed by atoms with E-state index in [0.29, 0.717) is 5.92 Å². The molecule has 0 aromatic heterocycles. The Morgan fingerprint density at radius 2 is 2.22 bits per heavy atom. The molecule has 0 heterocycles. The fourth-order valence-electron chi connectivity index (χ4n) is 2.82. The van der Waals surface area contributed by atoms with Gasteiger partial charge in [-0.25, -0.2) is 0 Å². The summed E-state index contributed by atoms with van der Waals surface area (Å²) in [5.74, 6) is -0.0636. The number of benzene rings is 1.